The summed E-state index contributed by atoms with van der Waals surface area (Å²) < 4.78 is 0. The monoisotopic (exact) mass is 874 g/mol. The highest BCUT2D eigenvalue weighted by atomic mass is 16.3. The molecule has 8 aromatic rings. The van der Waals surface area contributed by atoms with Gasteiger partial charge in [-0.25, -0.2) is 9.97 Å². The second-order valence-electron chi connectivity index (χ2n) is 20.0. The van der Waals surface area contributed by atoms with Gasteiger partial charge in [-0.2, -0.15) is 19.8 Å². The van der Waals surface area contributed by atoms with Crippen LogP contribution >= 0.6 is 0 Å². The molecule has 4 aromatic heterocycles. The van der Waals surface area contributed by atoms with Crippen LogP contribution in [0.2, 0.25) is 0 Å². The molecule has 0 bridgehead atoms. The fourth-order valence-corrected chi connectivity index (χ4v) is 12.1. The molecule has 2 fully saturated rings. The van der Waals surface area contributed by atoms with Crippen LogP contribution in [0.25, 0.3) is 44.3 Å². The number of hydrogen-bond donors (Lipinski definition) is 2. The molecule has 0 amide bonds. The molecule has 2 aliphatic carbocycles. The topological polar surface area (TPSA) is 125 Å². The van der Waals surface area contributed by atoms with Gasteiger partial charge >= 0.3 is 0 Å². The van der Waals surface area contributed by atoms with Crippen LogP contribution in [0.5, 0.6) is 0 Å². The van der Waals surface area contributed by atoms with Gasteiger partial charge in [-0.15, -0.1) is 0 Å². The third kappa shape index (κ3) is 6.34. The van der Waals surface area contributed by atoms with Gasteiger partial charge in [0.05, 0.1) is 24.6 Å². The SMILES string of the molecule is CC(C)c1ccccc1-c1ccc2c(c1)C(O)CC21CCN(n2ncc3ccc(C(=O)c4ccc5cnn(N6CCC7(CC(O)c8cc(-c9ccccc9C(C)C)ccc87)C6)c5n4)nc32)C1. The molecule has 12 rings (SSSR count). The van der Waals surface area contributed by atoms with Crippen LogP contribution in [0.15, 0.2) is 122 Å². The molecule has 66 heavy (non-hydrogen) atoms. The fraction of sp³-hybridized carbons (Fsp3) is 0.327. The van der Waals surface area contributed by atoms with E-state index in [0.717, 1.165) is 59.0 Å². The molecule has 2 aliphatic heterocycles. The second kappa shape index (κ2) is 15.2. The minimum atomic E-state index is -0.546. The first kappa shape index (κ1) is 40.8. The van der Waals surface area contributed by atoms with Gasteiger partial charge in [0.25, 0.3) is 0 Å². The Bertz CT molecular complexity index is 3030. The van der Waals surface area contributed by atoms with Gasteiger partial charge in [-0.3, -0.25) is 14.8 Å². The van der Waals surface area contributed by atoms with E-state index < -0.39 is 12.2 Å². The molecule has 2 spiro atoms. The van der Waals surface area contributed by atoms with E-state index in [1.807, 2.05) is 21.7 Å². The average molecular weight is 875 g/mol. The van der Waals surface area contributed by atoms with Crippen LogP contribution < -0.4 is 10.0 Å². The third-order valence-corrected chi connectivity index (χ3v) is 15.4. The van der Waals surface area contributed by atoms with Crippen molar-refractivity contribution in [1.29, 1.82) is 0 Å². The molecule has 4 unspecified atom stereocenters. The predicted molar refractivity (Wildman–Crippen MR) is 258 cm³/mol. The molecule has 11 heteroatoms. The number of benzene rings is 4. The molecule has 0 saturated carbocycles. The molecule has 4 aliphatic rings. The second-order valence-corrected chi connectivity index (χ2v) is 20.0. The number of nitrogens with zero attached hydrogens (tertiary/aromatic N) is 8. The van der Waals surface area contributed by atoms with E-state index in [4.69, 9.17) is 20.2 Å². The fourth-order valence-electron chi connectivity index (χ4n) is 12.1. The molecule has 11 nitrogen and oxygen atoms in total. The van der Waals surface area contributed by atoms with Gasteiger partial charge in [0, 0.05) is 47.8 Å². The molecule has 332 valence electrons. The number of fused-ring (bicyclic) bond motifs is 6. The van der Waals surface area contributed by atoms with Crippen LogP contribution in [-0.4, -0.2) is 71.9 Å². The van der Waals surface area contributed by atoms with Crippen molar-refractivity contribution < 1.29 is 15.0 Å². The summed E-state index contributed by atoms with van der Waals surface area (Å²) in [5.41, 5.74) is 13.1. The number of carbonyl (C=O) groups is 1. The van der Waals surface area contributed by atoms with Crippen LogP contribution in [0.4, 0.5) is 0 Å². The first-order valence-corrected chi connectivity index (χ1v) is 23.6. The molecule has 4 aromatic carbocycles. The lowest BCUT2D eigenvalue weighted by molar-refractivity contribution is 0.103. The summed E-state index contributed by atoms with van der Waals surface area (Å²) in [6.07, 6.45) is 5.55. The number of carbonyl (C=O) groups excluding carboxylic acids is 1. The normalized spacial score (nSPS) is 22.3. The quantitative estimate of drug-likeness (QED) is 0.144. The number of hydrogen-bond acceptors (Lipinski definition) is 9. The number of ketones is 1. The van der Waals surface area contributed by atoms with E-state index >= 15 is 0 Å². The Morgan fingerprint density at radius 2 is 1.03 bits per heavy atom. The van der Waals surface area contributed by atoms with Gasteiger partial charge < -0.3 is 10.2 Å². The summed E-state index contributed by atoms with van der Waals surface area (Å²) >= 11 is 0. The number of pyridine rings is 2. The molecule has 2 N–H and O–H groups in total. The van der Waals surface area contributed by atoms with Crippen LogP contribution in [0.3, 0.4) is 0 Å². The third-order valence-electron chi connectivity index (χ3n) is 15.4. The van der Waals surface area contributed by atoms with E-state index in [1.54, 1.807) is 24.5 Å². The van der Waals surface area contributed by atoms with E-state index in [2.05, 4.69) is 123 Å². The standard InChI is InChI=1S/C55H54N8O3/c1-33(2)39-9-5-7-11-41(39)35-13-17-45-43(25-35)49(64)27-54(45)21-23-60(31-54)62-52-37(29-56-62)15-19-47(58-52)51(66)48-20-16-38-30-57-63(53(38)59-48)61-24-22-55(32-61)28-50(65)44-26-36(14-18-46(44)55)42-12-8-6-10-40(42)34(3)4/h5-20,25-26,29-30,33-34,49-50,64-65H,21-24,27-28,31-32H2,1-4H3. The molecular weight excluding hydrogens is 821 g/mol. The Morgan fingerprint density at radius 3 is 1.47 bits per heavy atom. The van der Waals surface area contributed by atoms with Gasteiger partial charge in [-0.05, 0) is 130 Å². The van der Waals surface area contributed by atoms with Crippen molar-refractivity contribution in [1.82, 2.24) is 29.7 Å². The Labute approximate surface area is 384 Å². The van der Waals surface area contributed by atoms with Crippen molar-refractivity contribution >= 4 is 27.9 Å². The maximum absolute atomic E-state index is 14.3. The van der Waals surface area contributed by atoms with Crippen LogP contribution in [-0.2, 0) is 10.8 Å². The average Bonchev–Trinajstić information content (AvgIpc) is 4.21. The summed E-state index contributed by atoms with van der Waals surface area (Å²) in [6, 6.07) is 37.7. The van der Waals surface area contributed by atoms with Gasteiger partial charge in [0.15, 0.2) is 11.3 Å². The lowest BCUT2D eigenvalue weighted by Crippen LogP contribution is -2.37. The molecule has 6 heterocycles. The Kier molecular flexibility index (Phi) is 9.38. The summed E-state index contributed by atoms with van der Waals surface area (Å²) in [7, 11) is 0. The first-order valence-electron chi connectivity index (χ1n) is 23.6. The van der Waals surface area contributed by atoms with Gasteiger partial charge in [-0.1, -0.05) is 100 Å². The highest BCUT2D eigenvalue weighted by Crippen LogP contribution is 2.52. The lowest BCUT2D eigenvalue weighted by Gasteiger charge is -2.26. The van der Waals surface area contributed by atoms with Crippen molar-refractivity contribution in [2.24, 2.45) is 0 Å². The van der Waals surface area contributed by atoms with Crippen LogP contribution in [0.1, 0.15) is 127 Å². The smallest absolute Gasteiger partial charge is 0.229 e. The Morgan fingerprint density at radius 1 is 0.591 bits per heavy atom. The summed E-state index contributed by atoms with van der Waals surface area (Å²) in [5.74, 6) is 0.505. The maximum Gasteiger partial charge on any atom is 0.229 e. The molecule has 4 atom stereocenters. The Balaban J connectivity index is 0.793. The highest BCUT2D eigenvalue weighted by molar-refractivity contribution is 6.08. The van der Waals surface area contributed by atoms with Crippen molar-refractivity contribution in [3.05, 3.63) is 166 Å². The zero-order valence-corrected chi connectivity index (χ0v) is 37.9. The Hall–Kier alpha value is -6.69. The zero-order valence-electron chi connectivity index (χ0n) is 37.9. The highest BCUT2D eigenvalue weighted by Gasteiger charge is 2.50. The number of aromatic nitrogens is 6. The summed E-state index contributed by atoms with van der Waals surface area (Å²) in [4.78, 5) is 27.9. The van der Waals surface area contributed by atoms with Gasteiger partial charge in [0.2, 0.25) is 5.78 Å². The molecule has 0 radical (unpaired) electrons. The van der Waals surface area contributed by atoms with Crippen molar-refractivity contribution in [3.8, 4) is 22.3 Å². The lowest BCUT2D eigenvalue weighted by atomic mass is 9.80. The van der Waals surface area contributed by atoms with Gasteiger partial charge in [0.1, 0.15) is 11.4 Å². The van der Waals surface area contributed by atoms with E-state index in [9.17, 15) is 15.0 Å². The van der Waals surface area contributed by atoms with Crippen molar-refractivity contribution in [3.63, 3.8) is 0 Å². The number of rotatable bonds is 8. The van der Waals surface area contributed by atoms with Crippen molar-refractivity contribution in [2.45, 2.75) is 88.3 Å². The van der Waals surface area contributed by atoms with Crippen molar-refractivity contribution in [2.75, 3.05) is 36.2 Å². The van der Waals surface area contributed by atoms with Crippen LogP contribution in [0, 0.1) is 0 Å². The largest absolute Gasteiger partial charge is 0.388 e. The summed E-state index contributed by atoms with van der Waals surface area (Å²) in [5, 5.41) is 38.7. The van der Waals surface area contributed by atoms with E-state index in [-0.39, 0.29) is 16.6 Å². The van der Waals surface area contributed by atoms with E-state index in [0.29, 0.717) is 60.4 Å². The minimum absolute atomic E-state index is 0.224. The zero-order chi connectivity index (χ0) is 45.1. The number of aliphatic hydroxyl groups excluding tert-OH is 2. The first-order chi connectivity index (χ1) is 32.0. The minimum Gasteiger partial charge on any atom is -0.388 e. The van der Waals surface area contributed by atoms with E-state index in [1.165, 1.54) is 33.4 Å². The molecular formula is C55H54N8O3. The number of aliphatic hydroxyl groups is 2. The maximum atomic E-state index is 14.3. The molecule has 2 saturated heterocycles. The summed E-state index contributed by atoms with van der Waals surface area (Å²) in [6.45, 7) is 11.7. The predicted octanol–water partition coefficient (Wildman–Crippen LogP) is 9.42.